The van der Waals surface area contributed by atoms with Crippen LogP contribution in [0.2, 0.25) is 0 Å². The Balaban J connectivity index is 1.74. The highest BCUT2D eigenvalue weighted by atomic mass is 35.5. The zero-order valence-electron chi connectivity index (χ0n) is 12.3. The Hall–Kier alpha value is -2.86. The maximum atomic E-state index is 12.4. The first kappa shape index (κ1) is 14.7. The van der Waals surface area contributed by atoms with E-state index in [0.717, 1.165) is 16.5 Å². The minimum absolute atomic E-state index is 0.000340. The number of nitrogens with one attached hydrogen (secondary N) is 1. The van der Waals surface area contributed by atoms with E-state index in [9.17, 15) is 14.9 Å². The Kier molecular flexibility index (Phi) is 3.28. The number of aromatic amines is 1. The first-order chi connectivity index (χ1) is 11.6. The number of aromatic nitrogens is 1. The summed E-state index contributed by atoms with van der Waals surface area (Å²) >= 11 is 6.20. The number of nitro groups is 1. The van der Waals surface area contributed by atoms with Crippen molar-refractivity contribution in [2.24, 2.45) is 0 Å². The molecule has 1 fully saturated rings. The number of rotatable bonds is 3. The lowest BCUT2D eigenvalue weighted by Gasteiger charge is -2.45. The number of carbonyl (C=O) groups is 1. The number of non-ortho nitro benzene ring substituents is 1. The molecule has 0 amide bonds. The lowest BCUT2D eigenvalue weighted by Crippen LogP contribution is -2.56. The average molecular weight is 342 g/mol. The summed E-state index contributed by atoms with van der Waals surface area (Å²) in [6, 6.07) is 13.3. The Bertz CT molecular complexity index is 951. The third-order valence-corrected chi connectivity index (χ3v) is 4.73. The lowest BCUT2D eigenvalue weighted by molar-refractivity contribution is -0.384. The van der Waals surface area contributed by atoms with Gasteiger partial charge in [-0.25, -0.2) is 0 Å². The van der Waals surface area contributed by atoms with Gasteiger partial charge in [0, 0.05) is 40.5 Å². The molecule has 0 aliphatic carbocycles. The zero-order valence-corrected chi connectivity index (χ0v) is 13.1. The number of para-hydroxylation sites is 1. The van der Waals surface area contributed by atoms with Crippen molar-refractivity contribution in [3.05, 3.63) is 70.4 Å². The van der Waals surface area contributed by atoms with Crippen LogP contribution >= 0.6 is 11.6 Å². The standard InChI is InChI=1S/C17H12ClN3O3/c18-17-16(22)15(13-9-19-14-4-2-1-3-12(13)14)20(17)10-5-7-11(8-6-10)21(23)24/h1-9,15,17,19H/t15-,17-/m0/s1. The number of H-pyrrole nitrogens is 1. The van der Waals surface area contributed by atoms with E-state index in [-0.39, 0.29) is 11.5 Å². The van der Waals surface area contributed by atoms with Crippen LogP contribution in [0.15, 0.2) is 54.7 Å². The van der Waals surface area contributed by atoms with E-state index in [4.69, 9.17) is 11.6 Å². The molecule has 1 aliphatic heterocycles. The van der Waals surface area contributed by atoms with Gasteiger partial charge in [-0.15, -0.1) is 0 Å². The van der Waals surface area contributed by atoms with Crippen LogP contribution in [-0.2, 0) is 4.79 Å². The second kappa shape index (κ2) is 5.35. The van der Waals surface area contributed by atoms with Crippen molar-refractivity contribution < 1.29 is 9.72 Å². The molecule has 0 bridgehead atoms. The van der Waals surface area contributed by atoms with Gasteiger partial charge in [0.2, 0.25) is 0 Å². The molecule has 0 spiro atoms. The molecule has 1 aliphatic rings. The molecule has 6 nitrogen and oxygen atoms in total. The molecular formula is C17H12ClN3O3. The van der Waals surface area contributed by atoms with Crippen LogP contribution in [0.3, 0.4) is 0 Å². The zero-order chi connectivity index (χ0) is 16.8. The fraction of sp³-hybridized carbons (Fsp3) is 0.118. The summed E-state index contributed by atoms with van der Waals surface area (Å²) < 4.78 is 0. The number of halogens is 1. The molecule has 24 heavy (non-hydrogen) atoms. The first-order valence-corrected chi connectivity index (χ1v) is 7.78. The van der Waals surface area contributed by atoms with Gasteiger partial charge in [0.15, 0.2) is 11.3 Å². The van der Waals surface area contributed by atoms with Gasteiger partial charge < -0.3 is 9.88 Å². The van der Waals surface area contributed by atoms with E-state index < -0.39 is 16.5 Å². The molecular weight excluding hydrogens is 330 g/mol. The summed E-state index contributed by atoms with van der Waals surface area (Å²) in [6.45, 7) is 0. The smallest absolute Gasteiger partial charge is 0.269 e. The number of benzene rings is 2. The van der Waals surface area contributed by atoms with Crippen LogP contribution in [0.25, 0.3) is 10.9 Å². The van der Waals surface area contributed by atoms with Gasteiger partial charge in [0.25, 0.3) is 5.69 Å². The van der Waals surface area contributed by atoms with Crippen LogP contribution < -0.4 is 4.90 Å². The molecule has 1 aromatic heterocycles. The quantitative estimate of drug-likeness (QED) is 0.340. The fourth-order valence-electron chi connectivity index (χ4n) is 3.10. The number of hydrogen-bond acceptors (Lipinski definition) is 4. The van der Waals surface area contributed by atoms with Crippen molar-refractivity contribution in [1.29, 1.82) is 0 Å². The minimum atomic E-state index is -0.773. The Morgan fingerprint density at radius 2 is 1.83 bits per heavy atom. The van der Waals surface area contributed by atoms with E-state index >= 15 is 0 Å². The molecule has 2 heterocycles. The third kappa shape index (κ3) is 2.07. The van der Waals surface area contributed by atoms with Gasteiger partial charge in [0.05, 0.1) is 4.92 Å². The highest BCUT2D eigenvalue weighted by molar-refractivity contribution is 6.37. The normalized spacial score (nSPS) is 20.2. The van der Waals surface area contributed by atoms with Crippen LogP contribution in [0.4, 0.5) is 11.4 Å². The molecule has 2 aromatic carbocycles. The number of nitro benzene ring substituents is 1. The van der Waals surface area contributed by atoms with Crippen molar-refractivity contribution in [1.82, 2.24) is 4.98 Å². The summed E-state index contributed by atoms with van der Waals surface area (Å²) in [5.41, 5.74) is 1.70. The van der Waals surface area contributed by atoms with E-state index in [2.05, 4.69) is 4.98 Å². The molecule has 1 saturated heterocycles. The van der Waals surface area contributed by atoms with Crippen molar-refractivity contribution >= 4 is 39.7 Å². The predicted octanol–water partition coefficient (Wildman–Crippen LogP) is 3.77. The molecule has 0 saturated carbocycles. The van der Waals surface area contributed by atoms with E-state index in [1.54, 1.807) is 17.0 Å². The number of Topliss-reactive ketones (excluding diaryl/α,β-unsaturated/α-hetero) is 1. The number of carbonyl (C=O) groups excluding carboxylic acids is 1. The highest BCUT2D eigenvalue weighted by Gasteiger charge is 2.48. The SMILES string of the molecule is O=C1[C@@H](Cl)N(c2ccc([N+](=O)[O-])cc2)[C@H]1c1c[nH]c2ccccc12. The van der Waals surface area contributed by atoms with Crippen LogP contribution in [0.1, 0.15) is 11.6 Å². The largest absolute Gasteiger partial charge is 0.361 e. The third-order valence-electron chi connectivity index (χ3n) is 4.30. The Morgan fingerprint density at radius 1 is 1.12 bits per heavy atom. The summed E-state index contributed by atoms with van der Waals surface area (Å²) in [7, 11) is 0. The van der Waals surface area contributed by atoms with E-state index in [1.165, 1.54) is 12.1 Å². The van der Waals surface area contributed by atoms with Gasteiger partial charge in [0.1, 0.15) is 6.04 Å². The first-order valence-electron chi connectivity index (χ1n) is 7.34. The number of ketones is 1. The second-order valence-electron chi connectivity index (χ2n) is 5.61. The predicted molar refractivity (Wildman–Crippen MR) is 91.3 cm³/mol. The van der Waals surface area contributed by atoms with Crippen molar-refractivity contribution in [3.63, 3.8) is 0 Å². The van der Waals surface area contributed by atoms with Crippen molar-refractivity contribution in [3.8, 4) is 0 Å². The Labute approximate surface area is 141 Å². The van der Waals surface area contributed by atoms with Gasteiger partial charge >= 0.3 is 0 Å². The summed E-state index contributed by atoms with van der Waals surface area (Å²) in [6.07, 6.45) is 1.81. The number of fused-ring (bicyclic) bond motifs is 1. The maximum Gasteiger partial charge on any atom is 0.269 e. The second-order valence-corrected chi connectivity index (χ2v) is 6.02. The molecule has 0 unspecified atom stereocenters. The van der Waals surface area contributed by atoms with Crippen molar-refractivity contribution in [2.75, 3.05) is 4.90 Å². The van der Waals surface area contributed by atoms with Gasteiger partial charge in [-0.1, -0.05) is 29.8 Å². The monoisotopic (exact) mass is 341 g/mol. The van der Waals surface area contributed by atoms with Crippen LogP contribution in [0, 0.1) is 10.1 Å². The number of nitrogens with zero attached hydrogens (tertiary/aromatic N) is 2. The summed E-state index contributed by atoms with van der Waals surface area (Å²) in [5, 5.41) is 11.8. The van der Waals surface area contributed by atoms with E-state index in [1.807, 2.05) is 30.5 Å². The highest BCUT2D eigenvalue weighted by Crippen LogP contribution is 2.43. The molecule has 120 valence electrons. The topological polar surface area (TPSA) is 79.2 Å². The summed E-state index contributed by atoms with van der Waals surface area (Å²) in [4.78, 5) is 27.6. The molecule has 7 heteroatoms. The summed E-state index contributed by atoms with van der Waals surface area (Å²) in [5.74, 6) is -0.0835. The molecule has 4 rings (SSSR count). The lowest BCUT2D eigenvalue weighted by atomic mass is 9.91. The number of alkyl halides is 1. The van der Waals surface area contributed by atoms with E-state index in [0.29, 0.717) is 5.69 Å². The number of anilines is 1. The maximum absolute atomic E-state index is 12.4. The van der Waals surface area contributed by atoms with Crippen molar-refractivity contribution in [2.45, 2.75) is 11.5 Å². The average Bonchev–Trinajstić information content (AvgIpc) is 3.02. The Morgan fingerprint density at radius 3 is 2.54 bits per heavy atom. The molecule has 3 aromatic rings. The van der Waals surface area contributed by atoms with Gasteiger partial charge in [-0.3, -0.25) is 14.9 Å². The fourth-order valence-corrected chi connectivity index (χ4v) is 3.45. The molecule has 2 atom stereocenters. The number of hydrogen-bond donors (Lipinski definition) is 1. The minimum Gasteiger partial charge on any atom is -0.361 e. The molecule has 0 radical (unpaired) electrons. The molecule has 1 N–H and O–H groups in total. The van der Waals surface area contributed by atoms with Gasteiger partial charge in [-0.05, 0) is 18.2 Å². The van der Waals surface area contributed by atoms with Crippen LogP contribution in [0.5, 0.6) is 0 Å². The van der Waals surface area contributed by atoms with Gasteiger partial charge in [-0.2, -0.15) is 0 Å². The van der Waals surface area contributed by atoms with Crippen LogP contribution in [-0.4, -0.2) is 21.2 Å².